The molecule has 0 N–H and O–H groups in total. The molecule has 0 saturated heterocycles. The maximum Gasteiger partial charge on any atom is 0.0161 e. The van der Waals surface area contributed by atoms with Gasteiger partial charge in [0, 0.05) is 12.0 Å². The van der Waals surface area contributed by atoms with Gasteiger partial charge in [0.2, 0.25) is 0 Å². The Hall–Kier alpha value is -1.86. The van der Waals surface area contributed by atoms with Gasteiger partial charge >= 0.3 is 0 Å². The molecule has 1 aliphatic rings. The second-order valence-corrected chi connectivity index (χ2v) is 6.78. The summed E-state index contributed by atoms with van der Waals surface area (Å²) in [5, 5.41) is 0. The fraction of sp³-hybridized carbons (Fsp3) is 0.364. The smallest absolute Gasteiger partial charge is 0.0161 e. The molecule has 0 aliphatic heterocycles. The predicted octanol–water partition coefficient (Wildman–Crippen LogP) is 5.36. The monoisotopic (exact) mass is 305 g/mol. The molecule has 0 fully saturated rings. The van der Waals surface area contributed by atoms with Crippen molar-refractivity contribution in [2.24, 2.45) is 0 Å². The number of benzene rings is 2. The molecule has 0 aromatic heterocycles. The summed E-state index contributed by atoms with van der Waals surface area (Å²) in [4.78, 5) is 2.42. The second kappa shape index (κ2) is 7.61. The van der Waals surface area contributed by atoms with E-state index >= 15 is 0 Å². The highest BCUT2D eigenvalue weighted by Gasteiger charge is 2.27. The Labute approximate surface area is 140 Å². The number of likely N-dealkylation sites (N-methyl/N-ethyl adjacent to an activating group) is 1. The Morgan fingerprint density at radius 2 is 1.52 bits per heavy atom. The fourth-order valence-corrected chi connectivity index (χ4v) is 3.81. The van der Waals surface area contributed by atoms with Gasteiger partial charge in [-0.25, -0.2) is 0 Å². The van der Waals surface area contributed by atoms with Gasteiger partial charge in [0.15, 0.2) is 0 Å². The lowest BCUT2D eigenvalue weighted by molar-refractivity contribution is 0.234. The van der Waals surface area contributed by atoms with E-state index in [1.165, 1.54) is 36.0 Å². The zero-order valence-corrected chi connectivity index (χ0v) is 14.3. The minimum absolute atomic E-state index is 0.554. The van der Waals surface area contributed by atoms with Crippen LogP contribution in [0.2, 0.25) is 0 Å². The first-order valence-electron chi connectivity index (χ1n) is 8.71. The van der Waals surface area contributed by atoms with Crippen LogP contribution in [-0.4, -0.2) is 25.0 Å². The zero-order valence-electron chi connectivity index (χ0n) is 14.3. The van der Waals surface area contributed by atoms with Crippen molar-refractivity contribution in [3.63, 3.8) is 0 Å². The van der Waals surface area contributed by atoms with Crippen molar-refractivity contribution < 1.29 is 0 Å². The Bertz CT molecular complexity index is 628. The van der Waals surface area contributed by atoms with Gasteiger partial charge in [-0.2, -0.15) is 0 Å². The highest BCUT2D eigenvalue weighted by Crippen LogP contribution is 2.37. The lowest BCUT2D eigenvalue weighted by Crippen LogP contribution is -2.34. The van der Waals surface area contributed by atoms with Crippen molar-refractivity contribution in [3.8, 4) is 0 Å². The van der Waals surface area contributed by atoms with Gasteiger partial charge in [0.05, 0.1) is 0 Å². The standard InChI is InChI=1S/C22H27N/c1-23(2)22-16-10-9-15-20(18-11-5-3-6-12-18)17-21(22)19-13-7-4-8-14-19/h3-8,11-15,21-22H,9-10,16-17H2,1-2H3. The van der Waals surface area contributed by atoms with Crippen LogP contribution in [-0.2, 0) is 0 Å². The Balaban J connectivity index is 1.96. The molecule has 1 nitrogen and oxygen atoms in total. The topological polar surface area (TPSA) is 3.24 Å². The van der Waals surface area contributed by atoms with Crippen molar-refractivity contribution in [1.29, 1.82) is 0 Å². The largest absolute Gasteiger partial charge is 0.306 e. The van der Waals surface area contributed by atoms with Gasteiger partial charge in [0.25, 0.3) is 0 Å². The van der Waals surface area contributed by atoms with Crippen molar-refractivity contribution in [1.82, 2.24) is 4.90 Å². The SMILES string of the molecule is CN(C)C1CCCC=C(c2ccccc2)CC1c1ccccc1. The zero-order chi connectivity index (χ0) is 16.1. The van der Waals surface area contributed by atoms with E-state index in [0.717, 1.165) is 6.42 Å². The third kappa shape index (κ3) is 3.92. The molecule has 2 unspecified atom stereocenters. The molecule has 0 saturated carbocycles. The van der Waals surface area contributed by atoms with Crippen molar-refractivity contribution in [3.05, 3.63) is 77.9 Å². The van der Waals surface area contributed by atoms with E-state index in [4.69, 9.17) is 0 Å². The lowest BCUT2D eigenvalue weighted by Gasteiger charge is -2.35. The molecule has 2 atom stereocenters. The molecule has 1 aliphatic carbocycles. The summed E-state index contributed by atoms with van der Waals surface area (Å²) in [7, 11) is 4.46. The molecule has 0 spiro atoms. The number of rotatable bonds is 3. The van der Waals surface area contributed by atoms with Crippen LogP contribution in [0.5, 0.6) is 0 Å². The number of nitrogens with zero attached hydrogens (tertiary/aromatic N) is 1. The third-order valence-corrected chi connectivity index (χ3v) is 5.03. The Morgan fingerprint density at radius 1 is 0.870 bits per heavy atom. The molecule has 0 amide bonds. The third-order valence-electron chi connectivity index (χ3n) is 5.03. The van der Waals surface area contributed by atoms with E-state index in [1.807, 2.05) is 0 Å². The molecule has 0 radical (unpaired) electrons. The summed E-state index contributed by atoms with van der Waals surface area (Å²) in [5.74, 6) is 0.554. The van der Waals surface area contributed by atoms with Gasteiger partial charge in [-0.1, -0.05) is 66.7 Å². The van der Waals surface area contributed by atoms with Crippen LogP contribution in [0.3, 0.4) is 0 Å². The maximum atomic E-state index is 2.47. The molecular weight excluding hydrogens is 278 g/mol. The second-order valence-electron chi connectivity index (χ2n) is 6.78. The van der Waals surface area contributed by atoms with Gasteiger partial charge in [-0.3, -0.25) is 0 Å². The van der Waals surface area contributed by atoms with Crippen LogP contribution in [0.15, 0.2) is 66.7 Å². The summed E-state index contributed by atoms with van der Waals surface area (Å²) >= 11 is 0. The van der Waals surface area contributed by atoms with E-state index in [-0.39, 0.29) is 0 Å². The number of hydrogen-bond acceptors (Lipinski definition) is 1. The minimum Gasteiger partial charge on any atom is -0.306 e. The molecule has 1 heteroatoms. The average molecular weight is 305 g/mol. The quantitative estimate of drug-likeness (QED) is 0.738. The average Bonchev–Trinajstić information content (AvgIpc) is 2.56. The van der Waals surface area contributed by atoms with E-state index in [1.54, 1.807) is 0 Å². The summed E-state index contributed by atoms with van der Waals surface area (Å²) < 4.78 is 0. The first-order valence-corrected chi connectivity index (χ1v) is 8.71. The molecule has 0 heterocycles. The lowest BCUT2D eigenvalue weighted by atomic mass is 9.79. The van der Waals surface area contributed by atoms with Crippen LogP contribution in [0.25, 0.3) is 5.57 Å². The van der Waals surface area contributed by atoms with E-state index < -0.39 is 0 Å². The van der Waals surface area contributed by atoms with Gasteiger partial charge in [0.1, 0.15) is 0 Å². The molecule has 2 aromatic carbocycles. The van der Waals surface area contributed by atoms with Gasteiger partial charge < -0.3 is 4.90 Å². The van der Waals surface area contributed by atoms with Crippen molar-refractivity contribution in [2.45, 2.75) is 37.6 Å². The van der Waals surface area contributed by atoms with Gasteiger partial charge in [-0.05, 0) is 56.5 Å². The summed E-state index contributed by atoms with van der Waals surface area (Å²) in [6.07, 6.45) is 7.32. The first-order chi connectivity index (χ1) is 11.3. The van der Waals surface area contributed by atoms with Crippen LogP contribution >= 0.6 is 0 Å². The summed E-state index contributed by atoms with van der Waals surface area (Å²) in [6, 6.07) is 22.6. The van der Waals surface area contributed by atoms with E-state index in [2.05, 4.69) is 85.7 Å². The van der Waals surface area contributed by atoms with Crippen LogP contribution in [0.1, 0.15) is 42.7 Å². The number of hydrogen-bond donors (Lipinski definition) is 0. The van der Waals surface area contributed by atoms with E-state index in [9.17, 15) is 0 Å². The van der Waals surface area contributed by atoms with Gasteiger partial charge in [-0.15, -0.1) is 0 Å². The highest BCUT2D eigenvalue weighted by atomic mass is 15.1. The minimum atomic E-state index is 0.554. The van der Waals surface area contributed by atoms with Crippen LogP contribution in [0, 0.1) is 0 Å². The molecule has 3 rings (SSSR count). The first kappa shape index (κ1) is 16.0. The molecule has 0 bridgehead atoms. The normalized spacial score (nSPS) is 22.3. The predicted molar refractivity (Wildman–Crippen MR) is 99.5 cm³/mol. The van der Waals surface area contributed by atoms with Crippen molar-refractivity contribution in [2.75, 3.05) is 14.1 Å². The van der Waals surface area contributed by atoms with Crippen LogP contribution < -0.4 is 0 Å². The highest BCUT2D eigenvalue weighted by molar-refractivity contribution is 5.66. The summed E-state index contributed by atoms with van der Waals surface area (Å²) in [5.41, 5.74) is 4.36. The fourth-order valence-electron chi connectivity index (χ4n) is 3.81. The summed E-state index contributed by atoms with van der Waals surface area (Å²) in [6.45, 7) is 0. The maximum absolute atomic E-state index is 2.47. The molecular formula is C22H27N. The number of allylic oxidation sites excluding steroid dienone is 2. The van der Waals surface area contributed by atoms with Crippen LogP contribution in [0.4, 0.5) is 0 Å². The molecule has 23 heavy (non-hydrogen) atoms. The van der Waals surface area contributed by atoms with Crippen molar-refractivity contribution >= 4 is 5.57 Å². The molecule has 120 valence electrons. The molecule has 2 aromatic rings. The van der Waals surface area contributed by atoms with E-state index in [0.29, 0.717) is 12.0 Å². The Morgan fingerprint density at radius 3 is 2.17 bits per heavy atom. The Kier molecular flexibility index (Phi) is 5.30.